The van der Waals surface area contributed by atoms with E-state index in [1.165, 1.54) is 0 Å². The molecule has 0 bridgehead atoms. The number of aliphatic hydroxyl groups is 1. The van der Waals surface area contributed by atoms with Gasteiger partial charge in [-0.05, 0) is 18.3 Å². The van der Waals surface area contributed by atoms with Gasteiger partial charge in [0.1, 0.15) is 0 Å². The summed E-state index contributed by atoms with van der Waals surface area (Å²) in [5.41, 5.74) is 0.222. The van der Waals surface area contributed by atoms with E-state index in [9.17, 15) is 0 Å². The SMILES string of the molecule is CC(C)(C)C1CC[C@H](O)CO1. The molecule has 1 aliphatic heterocycles. The minimum atomic E-state index is -0.228. The first-order valence-corrected chi connectivity index (χ1v) is 4.30. The third-order valence-electron chi connectivity index (χ3n) is 2.22. The summed E-state index contributed by atoms with van der Waals surface area (Å²) in [6.07, 6.45) is 1.98. The summed E-state index contributed by atoms with van der Waals surface area (Å²) in [5, 5.41) is 9.17. The molecule has 0 amide bonds. The quantitative estimate of drug-likeness (QED) is 0.580. The van der Waals surface area contributed by atoms with E-state index < -0.39 is 0 Å². The Kier molecular flexibility index (Phi) is 2.55. The highest BCUT2D eigenvalue weighted by molar-refractivity contribution is 4.79. The number of rotatable bonds is 0. The molecule has 1 aliphatic rings. The van der Waals surface area contributed by atoms with E-state index >= 15 is 0 Å². The van der Waals surface area contributed by atoms with Crippen LogP contribution in [0.3, 0.4) is 0 Å². The Labute approximate surface area is 68.6 Å². The van der Waals surface area contributed by atoms with Crippen molar-refractivity contribution in [1.82, 2.24) is 0 Å². The van der Waals surface area contributed by atoms with Gasteiger partial charge in [0.15, 0.2) is 0 Å². The standard InChI is InChI=1S/C9H18O2/c1-9(2,3)8-5-4-7(10)6-11-8/h7-8,10H,4-6H2,1-3H3/t7-,8?/m0/s1. The van der Waals surface area contributed by atoms with Gasteiger partial charge in [-0.1, -0.05) is 20.8 Å². The first-order valence-electron chi connectivity index (χ1n) is 4.30. The molecule has 66 valence electrons. The lowest BCUT2D eigenvalue weighted by atomic mass is 9.84. The van der Waals surface area contributed by atoms with Crippen LogP contribution in [0.25, 0.3) is 0 Å². The van der Waals surface area contributed by atoms with Gasteiger partial charge in [-0.15, -0.1) is 0 Å². The van der Waals surface area contributed by atoms with Gasteiger partial charge >= 0.3 is 0 Å². The topological polar surface area (TPSA) is 29.5 Å². The zero-order valence-electron chi connectivity index (χ0n) is 7.63. The van der Waals surface area contributed by atoms with Crippen LogP contribution < -0.4 is 0 Å². The van der Waals surface area contributed by atoms with E-state index in [0.717, 1.165) is 12.8 Å². The van der Waals surface area contributed by atoms with Crippen LogP contribution in [0.2, 0.25) is 0 Å². The third kappa shape index (κ3) is 2.46. The minimum absolute atomic E-state index is 0.222. The van der Waals surface area contributed by atoms with Crippen LogP contribution in [0.5, 0.6) is 0 Å². The molecule has 0 aromatic rings. The Morgan fingerprint density at radius 1 is 1.27 bits per heavy atom. The van der Waals surface area contributed by atoms with Crippen molar-refractivity contribution in [3.05, 3.63) is 0 Å². The summed E-state index contributed by atoms with van der Waals surface area (Å²) in [4.78, 5) is 0. The molecule has 1 fully saturated rings. The molecular weight excluding hydrogens is 140 g/mol. The van der Waals surface area contributed by atoms with E-state index in [4.69, 9.17) is 9.84 Å². The third-order valence-corrected chi connectivity index (χ3v) is 2.22. The molecule has 1 N–H and O–H groups in total. The molecule has 2 nitrogen and oxygen atoms in total. The van der Waals surface area contributed by atoms with Crippen LogP contribution in [0.15, 0.2) is 0 Å². The van der Waals surface area contributed by atoms with Gasteiger partial charge in [0.2, 0.25) is 0 Å². The molecule has 11 heavy (non-hydrogen) atoms. The van der Waals surface area contributed by atoms with Gasteiger partial charge < -0.3 is 9.84 Å². The van der Waals surface area contributed by atoms with Gasteiger partial charge in [-0.25, -0.2) is 0 Å². The molecule has 1 saturated heterocycles. The number of hydrogen-bond acceptors (Lipinski definition) is 2. The normalized spacial score (nSPS) is 33.8. The molecular formula is C9H18O2. The highest BCUT2D eigenvalue weighted by Gasteiger charge is 2.29. The first kappa shape index (κ1) is 9.01. The van der Waals surface area contributed by atoms with Crippen molar-refractivity contribution in [2.24, 2.45) is 5.41 Å². The fourth-order valence-electron chi connectivity index (χ4n) is 1.42. The molecule has 0 radical (unpaired) electrons. The zero-order chi connectivity index (χ0) is 8.48. The second-order valence-electron chi connectivity index (χ2n) is 4.42. The maximum Gasteiger partial charge on any atom is 0.0774 e. The van der Waals surface area contributed by atoms with Gasteiger partial charge in [0, 0.05) is 0 Å². The Morgan fingerprint density at radius 3 is 2.27 bits per heavy atom. The summed E-state index contributed by atoms with van der Waals surface area (Å²) in [6, 6.07) is 0. The van der Waals surface area contributed by atoms with Gasteiger partial charge in [-0.2, -0.15) is 0 Å². The predicted octanol–water partition coefficient (Wildman–Crippen LogP) is 1.57. The molecule has 1 rings (SSSR count). The van der Waals surface area contributed by atoms with Gasteiger partial charge in [0.25, 0.3) is 0 Å². The fourth-order valence-corrected chi connectivity index (χ4v) is 1.42. The Morgan fingerprint density at radius 2 is 1.91 bits per heavy atom. The van der Waals surface area contributed by atoms with Crippen molar-refractivity contribution < 1.29 is 9.84 Å². The lowest BCUT2D eigenvalue weighted by Crippen LogP contribution is -2.37. The molecule has 0 saturated carbocycles. The van der Waals surface area contributed by atoms with Crippen LogP contribution in [0, 0.1) is 5.41 Å². The second kappa shape index (κ2) is 3.11. The molecule has 2 atom stereocenters. The van der Waals surface area contributed by atoms with E-state index in [1.54, 1.807) is 0 Å². The van der Waals surface area contributed by atoms with Crippen molar-refractivity contribution in [3.63, 3.8) is 0 Å². The monoisotopic (exact) mass is 158 g/mol. The number of aliphatic hydroxyl groups excluding tert-OH is 1. The number of ether oxygens (including phenoxy) is 1. The fraction of sp³-hybridized carbons (Fsp3) is 1.00. The van der Waals surface area contributed by atoms with Crippen molar-refractivity contribution in [2.45, 2.75) is 45.8 Å². The molecule has 1 heterocycles. The van der Waals surface area contributed by atoms with Crippen LogP contribution in [-0.4, -0.2) is 23.9 Å². The lowest BCUT2D eigenvalue weighted by molar-refractivity contribution is -0.0962. The van der Waals surface area contributed by atoms with E-state index in [-0.39, 0.29) is 11.5 Å². The van der Waals surface area contributed by atoms with Crippen molar-refractivity contribution in [2.75, 3.05) is 6.61 Å². The molecule has 0 spiro atoms. The van der Waals surface area contributed by atoms with Crippen LogP contribution in [0.1, 0.15) is 33.6 Å². The van der Waals surface area contributed by atoms with E-state index in [1.807, 2.05) is 0 Å². The predicted molar refractivity (Wildman–Crippen MR) is 44.4 cm³/mol. The van der Waals surface area contributed by atoms with Crippen LogP contribution in [0.4, 0.5) is 0 Å². The lowest BCUT2D eigenvalue weighted by Gasteiger charge is -2.35. The van der Waals surface area contributed by atoms with E-state index in [0.29, 0.717) is 12.7 Å². The molecule has 2 heteroatoms. The number of hydrogen-bond donors (Lipinski definition) is 1. The summed E-state index contributed by atoms with van der Waals surface area (Å²) in [7, 11) is 0. The first-order chi connectivity index (χ1) is 5.00. The zero-order valence-corrected chi connectivity index (χ0v) is 7.63. The molecule has 0 aromatic carbocycles. The molecule has 1 unspecified atom stereocenters. The smallest absolute Gasteiger partial charge is 0.0774 e. The van der Waals surface area contributed by atoms with E-state index in [2.05, 4.69) is 20.8 Å². The maximum absolute atomic E-state index is 9.17. The van der Waals surface area contributed by atoms with Crippen LogP contribution in [-0.2, 0) is 4.74 Å². The highest BCUT2D eigenvalue weighted by Crippen LogP contribution is 2.29. The molecule has 0 aromatic heterocycles. The van der Waals surface area contributed by atoms with Gasteiger partial charge in [-0.3, -0.25) is 0 Å². The maximum atomic E-state index is 9.17. The summed E-state index contributed by atoms with van der Waals surface area (Å²) in [5.74, 6) is 0. The second-order valence-corrected chi connectivity index (χ2v) is 4.42. The average Bonchev–Trinajstić information content (AvgIpc) is 1.86. The summed E-state index contributed by atoms with van der Waals surface area (Å²) >= 11 is 0. The summed E-state index contributed by atoms with van der Waals surface area (Å²) < 4.78 is 5.50. The average molecular weight is 158 g/mol. The molecule has 0 aliphatic carbocycles. The minimum Gasteiger partial charge on any atom is -0.391 e. The largest absolute Gasteiger partial charge is 0.391 e. The Bertz CT molecular complexity index is 118. The van der Waals surface area contributed by atoms with Crippen molar-refractivity contribution in [1.29, 1.82) is 0 Å². The van der Waals surface area contributed by atoms with Crippen molar-refractivity contribution in [3.8, 4) is 0 Å². The highest BCUT2D eigenvalue weighted by atomic mass is 16.5. The van der Waals surface area contributed by atoms with Crippen LogP contribution >= 0.6 is 0 Å². The Balaban J connectivity index is 2.39. The van der Waals surface area contributed by atoms with Gasteiger partial charge in [0.05, 0.1) is 18.8 Å². The van der Waals surface area contributed by atoms with Crippen molar-refractivity contribution >= 4 is 0 Å². The Hall–Kier alpha value is -0.0800. The summed E-state index contributed by atoms with van der Waals surface area (Å²) in [6.45, 7) is 7.04.